The average Bonchev–Trinajstić information content (AvgIpc) is 2.60. The number of amides is 2. The molecule has 0 saturated heterocycles. The minimum atomic E-state index is -0.344. The average molecular weight is 261 g/mol. The molecule has 0 aromatic carbocycles. The number of hydrogen-bond acceptors (Lipinski definition) is 3. The third-order valence-electron chi connectivity index (χ3n) is 1.52. The Labute approximate surface area is 89.0 Å². The van der Waals surface area contributed by atoms with Gasteiger partial charge in [-0.1, -0.05) is 0 Å². The van der Waals surface area contributed by atoms with E-state index in [9.17, 15) is 9.59 Å². The Balaban J connectivity index is 2.47. The molecule has 0 aliphatic rings. The van der Waals surface area contributed by atoms with Gasteiger partial charge in [-0.2, -0.15) is 0 Å². The summed E-state index contributed by atoms with van der Waals surface area (Å²) in [5, 5.41) is 4.82. The fraction of sp³-hybridized carbons (Fsp3) is 0.250. The van der Waals surface area contributed by atoms with Gasteiger partial charge >= 0.3 is 0 Å². The number of likely N-dealkylation sites (N-methyl/N-ethyl adjacent to an activating group) is 1. The first-order valence-corrected chi connectivity index (χ1v) is 4.65. The zero-order chi connectivity index (χ0) is 10.6. The second-order valence-electron chi connectivity index (χ2n) is 2.50. The number of carbonyl (C=O) groups is 2. The fourth-order valence-corrected chi connectivity index (χ4v) is 1.12. The second-order valence-corrected chi connectivity index (χ2v) is 3.28. The monoisotopic (exact) mass is 260 g/mol. The molecule has 1 rings (SSSR count). The molecule has 0 atom stereocenters. The summed E-state index contributed by atoms with van der Waals surface area (Å²) < 4.78 is 5.35. The van der Waals surface area contributed by atoms with Crippen LogP contribution in [0.5, 0.6) is 0 Å². The van der Waals surface area contributed by atoms with E-state index in [-0.39, 0.29) is 18.4 Å². The fourth-order valence-electron chi connectivity index (χ4n) is 0.780. The van der Waals surface area contributed by atoms with Crippen molar-refractivity contribution in [2.24, 2.45) is 0 Å². The molecule has 5 nitrogen and oxygen atoms in total. The summed E-state index contributed by atoms with van der Waals surface area (Å²) in [6.07, 6.45) is 1.31. The quantitative estimate of drug-likeness (QED) is 0.833. The molecule has 14 heavy (non-hydrogen) atoms. The number of carbonyl (C=O) groups excluding carboxylic acids is 2. The van der Waals surface area contributed by atoms with Gasteiger partial charge < -0.3 is 15.1 Å². The van der Waals surface area contributed by atoms with Crippen molar-refractivity contribution in [1.82, 2.24) is 10.6 Å². The molecule has 76 valence electrons. The van der Waals surface area contributed by atoms with Gasteiger partial charge in [-0.25, -0.2) is 0 Å². The highest BCUT2D eigenvalue weighted by Gasteiger charge is 2.09. The van der Waals surface area contributed by atoms with Crippen LogP contribution < -0.4 is 10.6 Å². The second kappa shape index (κ2) is 4.80. The van der Waals surface area contributed by atoms with Crippen LogP contribution in [0.15, 0.2) is 21.4 Å². The summed E-state index contributed by atoms with van der Waals surface area (Å²) in [5.41, 5.74) is 0.376. The van der Waals surface area contributed by atoms with E-state index in [1.165, 1.54) is 19.4 Å². The standard InChI is InChI=1S/C8H9BrN2O3/c1-10-7(12)3-11-8(13)5-2-6(9)14-4-5/h2,4H,3H2,1H3,(H,10,12)(H,11,13). The Morgan fingerprint density at radius 3 is 2.79 bits per heavy atom. The first-order chi connectivity index (χ1) is 6.63. The molecule has 0 radical (unpaired) electrons. The third kappa shape index (κ3) is 2.88. The smallest absolute Gasteiger partial charge is 0.255 e. The number of furan rings is 1. The van der Waals surface area contributed by atoms with Crippen molar-refractivity contribution >= 4 is 27.7 Å². The molecule has 1 aromatic heterocycles. The maximum Gasteiger partial charge on any atom is 0.255 e. The van der Waals surface area contributed by atoms with E-state index in [1.807, 2.05) is 0 Å². The van der Waals surface area contributed by atoms with Crippen molar-refractivity contribution in [2.75, 3.05) is 13.6 Å². The molecule has 0 aliphatic carbocycles. The Bertz CT molecular complexity index is 348. The molecule has 0 aliphatic heterocycles. The van der Waals surface area contributed by atoms with E-state index in [2.05, 4.69) is 26.6 Å². The lowest BCUT2D eigenvalue weighted by Gasteiger charge is -2.00. The summed E-state index contributed by atoms with van der Waals surface area (Å²) in [7, 11) is 1.50. The summed E-state index contributed by atoms with van der Waals surface area (Å²) >= 11 is 3.07. The van der Waals surface area contributed by atoms with Crippen LogP contribution in [-0.2, 0) is 4.79 Å². The van der Waals surface area contributed by atoms with Crippen molar-refractivity contribution < 1.29 is 14.0 Å². The minimum Gasteiger partial charge on any atom is -0.457 e. The first-order valence-electron chi connectivity index (χ1n) is 3.86. The molecule has 2 amide bonds. The lowest BCUT2D eigenvalue weighted by atomic mass is 10.3. The van der Waals surface area contributed by atoms with Gasteiger partial charge in [-0.05, 0) is 15.9 Å². The van der Waals surface area contributed by atoms with Gasteiger partial charge in [0.25, 0.3) is 5.91 Å². The van der Waals surface area contributed by atoms with E-state index < -0.39 is 0 Å². The van der Waals surface area contributed by atoms with Crippen molar-refractivity contribution in [3.8, 4) is 0 Å². The van der Waals surface area contributed by atoms with Crippen LogP contribution in [0.25, 0.3) is 0 Å². The lowest BCUT2D eigenvalue weighted by molar-refractivity contribution is -0.119. The Morgan fingerprint density at radius 2 is 2.29 bits per heavy atom. The van der Waals surface area contributed by atoms with Gasteiger partial charge in [0.1, 0.15) is 6.26 Å². The molecular formula is C8H9BrN2O3. The number of halogens is 1. The molecule has 1 aromatic rings. The van der Waals surface area contributed by atoms with Crippen LogP contribution in [0, 0.1) is 0 Å². The molecule has 0 saturated carbocycles. The molecule has 1 heterocycles. The molecule has 0 fully saturated rings. The van der Waals surface area contributed by atoms with Crippen LogP contribution in [-0.4, -0.2) is 25.4 Å². The number of rotatable bonds is 3. The molecular weight excluding hydrogens is 252 g/mol. The summed E-state index contributed by atoms with van der Waals surface area (Å²) in [6.45, 7) is -0.0435. The van der Waals surface area contributed by atoms with Gasteiger partial charge in [-0.3, -0.25) is 9.59 Å². The van der Waals surface area contributed by atoms with E-state index in [0.717, 1.165) is 0 Å². The number of nitrogens with one attached hydrogen (secondary N) is 2. The molecule has 0 bridgehead atoms. The van der Waals surface area contributed by atoms with E-state index in [1.54, 1.807) is 0 Å². The van der Waals surface area contributed by atoms with Gasteiger partial charge in [0.2, 0.25) is 5.91 Å². The summed E-state index contributed by atoms with van der Waals surface area (Å²) in [6, 6.07) is 1.53. The predicted molar refractivity (Wildman–Crippen MR) is 52.8 cm³/mol. The highest BCUT2D eigenvalue weighted by Crippen LogP contribution is 2.13. The largest absolute Gasteiger partial charge is 0.457 e. The van der Waals surface area contributed by atoms with E-state index >= 15 is 0 Å². The van der Waals surface area contributed by atoms with Gasteiger partial charge in [0.05, 0.1) is 12.1 Å². The normalized spacial score (nSPS) is 9.57. The topological polar surface area (TPSA) is 71.3 Å². The molecule has 2 N–H and O–H groups in total. The van der Waals surface area contributed by atoms with Crippen LogP contribution in [0.4, 0.5) is 0 Å². The Morgan fingerprint density at radius 1 is 1.57 bits per heavy atom. The molecule has 0 unspecified atom stereocenters. The molecule has 0 spiro atoms. The zero-order valence-corrected chi connectivity index (χ0v) is 9.05. The van der Waals surface area contributed by atoms with Crippen molar-refractivity contribution in [2.45, 2.75) is 0 Å². The van der Waals surface area contributed by atoms with Gasteiger partial charge in [0.15, 0.2) is 4.67 Å². The predicted octanol–water partition coefficient (Wildman–Crippen LogP) is 0.518. The molecule has 6 heteroatoms. The lowest BCUT2D eigenvalue weighted by Crippen LogP contribution is -2.34. The van der Waals surface area contributed by atoms with E-state index in [4.69, 9.17) is 4.42 Å². The van der Waals surface area contributed by atoms with Crippen LogP contribution >= 0.6 is 15.9 Å². The zero-order valence-electron chi connectivity index (χ0n) is 7.46. The van der Waals surface area contributed by atoms with Crippen LogP contribution in [0.2, 0.25) is 0 Å². The van der Waals surface area contributed by atoms with Crippen LogP contribution in [0.1, 0.15) is 10.4 Å². The SMILES string of the molecule is CNC(=O)CNC(=O)c1coc(Br)c1. The maximum atomic E-state index is 11.3. The van der Waals surface area contributed by atoms with Gasteiger partial charge in [0, 0.05) is 13.1 Å². The highest BCUT2D eigenvalue weighted by atomic mass is 79.9. The highest BCUT2D eigenvalue weighted by molar-refractivity contribution is 9.10. The first kappa shape index (κ1) is 10.8. The third-order valence-corrected chi connectivity index (χ3v) is 1.93. The summed E-state index contributed by atoms with van der Waals surface area (Å²) in [4.78, 5) is 22.1. The number of hydrogen-bond donors (Lipinski definition) is 2. The van der Waals surface area contributed by atoms with Crippen LogP contribution in [0.3, 0.4) is 0 Å². The van der Waals surface area contributed by atoms with Crippen molar-refractivity contribution in [3.63, 3.8) is 0 Å². The summed E-state index contributed by atoms with van der Waals surface area (Å²) in [5.74, 6) is -0.594. The minimum absolute atomic E-state index is 0.0435. The van der Waals surface area contributed by atoms with Crippen molar-refractivity contribution in [1.29, 1.82) is 0 Å². The van der Waals surface area contributed by atoms with Crippen molar-refractivity contribution in [3.05, 3.63) is 22.6 Å². The Kier molecular flexibility index (Phi) is 3.70. The maximum absolute atomic E-state index is 11.3. The van der Waals surface area contributed by atoms with Gasteiger partial charge in [-0.15, -0.1) is 0 Å². The van der Waals surface area contributed by atoms with E-state index in [0.29, 0.717) is 10.2 Å². The Hall–Kier alpha value is -1.30.